The number of aliphatic hydroxyl groups excluding tert-OH is 1. The number of aldehydes is 1. The molecule has 0 aliphatic heterocycles. The highest BCUT2D eigenvalue weighted by Crippen LogP contribution is 2.56. The van der Waals surface area contributed by atoms with Crippen LogP contribution in [0.4, 0.5) is 0 Å². The first-order chi connectivity index (χ1) is 6.79. The summed E-state index contributed by atoms with van der Waals surface area (Å²) in [5.41, 5.74) is 1.25. The Morgan fingerprint density at radius 1 is 1.21 bits per heavy atom. The van der Waals surface area contributed by atoms with E-state index in [1.165, 1.54) is 18.4 Å². The third kappa shape index (κ3) is 1.04. The quantitative estimate of drug-likeness (QED) is 0.505. The molecule has 0 amide bonds. The van der Waals surface area contributed by atoms with Crippen LogP contribution in [0.3, 0.4) is 0 Å². The molecule has 0 spiro atoms. The van der Waals surface area contributed by atoms with E-state index in [1.54, 1.807) is 6.08 Å². The van der Waals surface area contributed by atoms with E-state index < -0.39 is 0 Å². The van der Waals surface area contributed by atoms with Gasteiger partial charge in [-0.15, -0.1) is 0 Å². The Bertz CT molecular complexity index is 295. The predicted octanol–water partition coefficient (Wildman–Crippen LogP) is 1.54. The zero-order valence-corrected chi connectivity index (χ0v) is 8.23. The van der Waals surface area contributed by atoms with Crippen molar-refractivity contribution in [3.63, 3.8) is 0 Å². The molecule has 14 heavy (non-hydrogen) atoms. The van der Waals surface area contributed by atoms with Gasteiger partial charge in [-0.25, -0.2) is 0 Å². The van der Waals surface area contributed by atoms with Crippen LogP contribution in [-0.4, -0.2) is 17.5 Å². The zero-order chi connectivity index (χ0) is 9.71. The smallest absolute Gasteiger partial charge is 0.142 e. The topological polar surface area (TPSA) is 37.3 Å². The summed E-state index contributed by atoms with van der Waals surface area (Å²) in [4.78, 5) is 10.5. The Kier molecular flexibility index (Phi) is 1.81. The van der Waals surface area contributed by atoms with E-state index >= 15 is 0 Å². The molecule has 4 aliphatic carbocycles. The Morgan fingerprint density at radius 2 is 2.07 bits per heavy atom. The number of hydrogen-bond donors (Lipinski definition) is 1. The maximum absolute atomic E-state index is 10.5. The zero-order valence-electron chi connectivity index (χ0n) is 8.23. The standard InChI is InChI=1S/C12H16O2/c13-2-1-10-8-3-7-4-9(6-8)12(14)11(10)5-7/h1-2,7-9,11-12,14H,3-6H2/b10-1-/t7?,8-,9+,11-,12+/m1/s1. The molecule has 0 heterocycles. The average molecular weight is 192 g/mol. The van der Waals surface area contributed by atoms with Gasteiger partial charge in [-0.05, 0) is 49.5 Å². The van der Waals surface area contributed by atoms with Crippen molar-refractivity contribution in [2.75, 3.05) is 0 Å². The van der Waals surface area contributed by atoms with Crippen LogP contribution in [0, 0.1) is 23.7 Å². The monoisotopic (exact) mass is 192 g/mol. The normalized spacial score (nSPS) is 52.6. The Balaban J connectivity index is 1.97. The molecular weight excluding hydrogens is 176 g/mol. The minimum absolute atomic E-state index is 0.158. The van der Waals surface area contributed by atoms with Gasteiger partial charge < -0.3 is 5.11 Å². The molecule has 2 nitrogen and oxygen atoms in total. The lowest BCUT2D eigenvalue weighted by Gasteiger charge is -2.54. The molecule has 1 N–H and O–H groups in total. The number of allylic oxidation sites excluding steroid dienone is 1. The van der Waals surface area contributed by atoms with Gasteiger partial charge in [0.1, 0.15) is 6.29 Å². The summed E-state index contributed by atoms with van der Waals surface area (Å²) in [5.74, 6) is 2.29. The number of hydrogen-bond acceptors (Lipinski definition) is 2. The second kappa shape index (κ2) is 2.93. The van der Waals surface area contributed by atoms with Crippen molar-refractivity contribution in [2.24, 2.45) is 23.7 Å². The maximum Gasteiger partial charge on any atom is 0.142 e. The Labute approximate surface area is 84.0 Å². The lowest BCUT2D eigenvalue weighted by Crippen LogP contribution is -2.49. The van der Waals surface area contributed by atoms with E-state index in [1.807, 2.05) is 0 Å². The summed E-state index contributed by atoms with van der Waals surface area (Å²) >= 11 is 0. The minimum Gasteiger partial charge on any atom is -0.392 e. The van der Waals surface area contributed by atoms with Crippen molar-refractivity contribution < 1.29 is 9.90 Å². The number of carbonyl (C=O) groups excluding carboxylic acids is 1. The highest BCUT2D eigenvalue weighted by molar-refractivity contribution is 5.66. The van der Waals surface area contributed by atoms with E-state index in [0.717, 1.165) is 25.0 Å². The first-order valence-corrected chi connectivity index (χ1v) is 5.63. The average Bonchev–Trinajstić information content (AvgIpc) is 2.18. The van der Waals surface area contributed by atoms with E-state index in [9.17, 15) is 9.90 Å². The van der Waals surface area contributed by atoms with Crippen LogP contribution in [-0.2, 0) is 4.79 Å². The van der Waals surface area contributed by atoms with Crippen LogP contribution in [0.2, 0.25) is 0 Å². The second-order valence-electron chi connectivity index (χ2n) is 5.17. The molecule has 0 saturated heterocycles. The summed E-state index contributed by atoms with van der Waals surface area (Å²) < 4.78 is 0. The largest absolute Gasteiger partial charge is 0.392 e. The Hall–Kier alpha value is -0.630. The lowest BCUT2D eigenvalue weighted by molar-refractivity contribution is -0.104. The molecule has 4 rings (SSSR count). The summed E-state index contributed by atoms with van der Waals surface area (Å²) in [7, 11) is 0. The molecule has 0 aromatic heterocycles. The second-order valence-corrected chi connectivity index (χ2v) is 5.17. The van der Waals surface area contributed by atoms with Crippen molar-refractivity contribution in [1.29, 1.82) is 0 Å². The lowest BCUT2D eigenvalue weighted by atomic mass is 9.53. The van der Waals surface area contributed by atoms with Gasteiger partial charge in [0, 0.05) is 5.92 Å². The summed E-state index contributed by atoms with van der Waals surface area (Å²) in [5, 5.41) is 10.1. The van der Waals surface area contributed by atoms with Crippen LogP contribution < -0.4 is 0 Å². The van der Waals surface area contributed by atoms with Crippen LogP contribution in [0.5, 0.6) is 0 Å². The molecule has 2 heteroatoms. The molecule has 4 fully saturated rings. The Morgan fingerprint density at radius 3 is 2.86 bits per heavy atom. The molecule has 0 radical (unpaired) electrons. The number of rotatable bonds is 1. The molecule has 0 aromatic carbocycles. The van der Waals surface area contributed by atoms with Crippen LogP contribution in [0.15, 0.2) is 11.6 Å². The molecule has 0 aromatic rings. The van der Waals surface area contributed by atoms with Gasteiger partial charge in [0.05, 0.1) is 6.10 Å². The van der Waals surface area contributed by atoms with Crippen LogP contribution in [0.25, 0.3) is 0 Å². The first-order valence-electron chi connectivity index (χ1n) is 5.63. The van der Waals surface area contributed by atoms with Gasteiger partial charge in [-0.3, -0.25) is 4.79 Å². The van der Waals surface area contributed by atoms with Crippen molar-refractivity contribution in [3.05, 3.63) is 11.6 Å². The molecular formula is C12H16O2. The first kappa shape index (κ1) is 8.66. The molecule has 5 atom stereocenters. The van der Waals surface area contributed by atoms with E-state index in [2.05, 4.69) is 0 Å². The fourth-order valence-corrected chi connectivity index (χ4v) is 4.03. The number of carbonyl (C=O) groups is 1. The summed E-state index contributed by atoms with van der Waals surface area (Å²) in [6.45, 7) is 0. The molecule has 4 aliphatic rings. The van der Waals surface area contributed by atoms with Gasteiger partial charge >= 0.3 is 0 Å². The van der Waals surface area contributed by atoms with Gasteiger partial charge in [-0.2, -0.15) is 0 Å². The third-order valence-electron chi connectivity index (χ3n) is 4.48. The van der Waals surface area contributed by atoms with Crippen LogP contribution >= 0.6 is 0 Å². The summed E-state index contributed by atoms with van der Waals surface area (Å²) in [6.07, 6.45) is 7.18. The maximum atomic E-state index is 10.5. The third-order valence-corrected chi connectivity index (χ3v) is 4.48. The molecule has 1 unspecified atom stereocenters. The SMILES string of the molecule is O=C/C=C1/[C@@H]2CC3C[C@@H](C2)[C@H](O)[C@@H]1C3. The van der Waals surface area contributed by atoms with Crippen molar-refractivity contribution in [3.8, 4) is 0 Å². The van der Waals surface area contributed by atoms with Gasteiger partial charge in [0.25, 0.3) is 0 Å². The highest BCUT2D eigenvalue weighted by Gasteiger charge is 2.50. The molecule has 4 saturated carbocycles. The van der Waals surface area contributed by atoms with E-state index in [0.29, 0.717) is 17.8 Å². The van der Waals surface area contributed by atoms with E-state index in [4.69, 9.17) is 0 Å². The van der Waals surface area contributed by atoms with E-state index in [-0.39, 0.29) is 6.10 Å². The van der Waals surface area contributed by atoms with Gasteiger partial charge in [0.15, 0.2) is 0 Å². The van der Waals surface area contributed by atoms with Gasteiger partial charge in [0.2, 0.25) is 0 Å². The van der Waals surface area contributed by atoms with Crippen molar-refractivity contribution >= 4 is 6.29 Å². The summed E-state index contributed by atoms with van der Waals surface area (Å²) in [6, 6.07) is 0. The molecule has 4 bridgehead atoms. The number of aliphatic hydroxyl groups is 1. The minimum atomic E-state index is -0.158. The fourth-order valence-electron chi connectivity index (χ4n) is 4.03. The van der Waals surface area contributed by atoms with Gasteiger partial charge in [-0.1, -0.05) is 5.57 Å². The fraction of sp³-hybridized carbons (Fsp3) is 0.750. The molecule has 76 valence electrons. The van der Waals surface area contributed by atoms with Crippen molar-refractivity contribution in [2.45, 2.75) is 31.8 Å². The highest BCUT2D eigenvalue weighted by atomic mass is 16.3. The van der Waals surface area contributed by atoms with Crippen LogP contribution in [0.1, 0.15) is 25.7 Å². The van der Waals surface area contributed by atoms with Crippen molar-refractivity contribution in [1.82, 2.24) is 0 Å². The predicted molar refractivity (Wildman–Crippen MR) is 52.6 cm³/mol.